The van der Waals surface area contributed by atoms with Crippen molar-refractivity contribution in [2.45, 2.75) is 46.1 Å². The van der Waals surface area contributed by atoms with Crippen LogP contribution in [0, 0.1) is 0 Å². The minimum Gasteiger partial charge on any atom is -0.490 e. The highest BCUT2D eigenvalue weighted by Crippen LogP contribution is 2.37. The molecule has 2 aromatic rings. The molecular weight excluding hydrogens is 420 g/mol. The smallest absolute Gasteiger partial charge is 0.193 e. The van der Waals surface area contributed by atoms with Crippen LogP contribution in [-0.2, 0) is 0 Å². The minimum atomic E-state index is -0.375. The van der Waals surface area contributed by atoms with Gasteiger partial charge in [-0.1, -0.05) is 56.2 Å². The standard InChI is InChI=1S/C26H32N2O3S/c1-5-7-11-16-31-21-15-14-20(17-22(21)30-6-2)24-23(18(3)28(4)26(32)27-24)25(29)19-12-9-8-10-13-19/h8-10,12-15,17,24H,5-7,11,16H2,1-4H3,(H,27,32). The maximum Gasteiger partial charge on any atom is 0.193 e. The Balaban J connectivity index is 1.98. The van der Waals surface area contributed by atoms with Gasteiger partial charge in [0.2, 0.25) is 0 Å². The second kappa shape index (κ2) is 11.1. The van der Waals surface area contributed by atoms with Gasteiger partial charge in [-0.2, -0.15) is 0 Å². The first kappa shape index (κ1) is 23.8. The molecule has 0 aliphatic carbocycles. The normalized spacial score (nSPS) is 16.1. The highest BCUT2D eigenvalue weighted by Gasteiger charge is 2.33. The van der Waals surface area contributed by atoms with Crippen LogP contribution in [-0.4, -0.2) is 36.1 Å². The van der Waals surface area contributed by atoms with Crippen LogP contribution in [0.1, 0.15) is 62.0 Å². The van der Waals surface area contributed by atoms with Crippen molar-refractivity contribution in [2.75, 3.05) is 20.3 Å². The van der Waals surface area contributed by atoms with E-state index >= 15 is 0 Å². The van der Waals surface area contributed by atoms with Crippen molar-refractivity contribution in [3.05, 3.63) is 70.9 Å². The molecule has 0 saturated heterocycles. The first-order chi connectivity index (χ1) is 15.5. The van der Waals surface area contributed by atoms with Gasteiger partial charge in [0.25, 0.3) is 0 Å². The average Bonchev–Trinajstić information content (AvgIpc) is 2.81. The van der Waals surface area contributed by atoms with Crippen molar-refractivity contribution in [1.29, 1.82) is 0 Å². The molecule has 3 rings (SSSR count). The number of thiocarbonyl (C=S) groups is 1. The largest absolute Gasteiger partial charge is 0.490 e. The monoisotopic (exact) mass is 452 g/mol. The Kier molecular flexibility index (Phi) is 8.28. The molecule has 1 N–H and O–H groups in total. The topological polar surface area (TPSA) is 50.8 Å². The number of benzene rings is 2. The van der Waals surface area contributed by atoms with Crippen molar-refractivity contribution in [3.8, 4) is 11.5 Å². The number of hydrogen-bond donors (Lipinski definition) is 1. The van der Waals surface area contributed by atoms with Gasteiger partial charge in [0, 0.05) is 23.9 Å². The van der Waals surface area contributed by atoms with Gasteiger partial charge in [0.1, 0.15) is 0 Å². The van der Waals surface area contributed by atoms with E-state index in [1.54, 1.807) is 0 Å². The van der Waals surface area contributed by atoms with Gasteiger partial charge >= 0.3 is 0 Å². The molecule has 6 heteroatoms. The first-order valence-corrected chi connectivity index (χ1v) is 11.6. The predicted molar refractivity (Wildman–Crippen MR) is 132 cm³/mol. The molecule has 170 valence electrons. The predicted octanol–water partition coefficient (Wildman–Crippen LogP) is 5.67. The summed E-state index contributed by atoms with van der Waals surface area (Å²) >= 11 is 5.54. The van der Waals surface area contributed by atoms with Gasteiger partial charge in [-0.15, -0.1) is 0 Å². The fraction of sp³-hybridized carbons (Fsp3) is 0.385. The Hall–Kier alpha value is -2.86. The van der Waals surface area contributed by atoms with Gasteiger partial charge in [0.05, 0.1) is 19.3 Å². The number of carbonyl (C=O) groups excluding carboxylic acids is 1. The quantitative estimate of drug-likeness (QED) is 0.285. The molecule has 1 atom stereocenters. The molecule has 1 heterocycles. The summed E-state index contributed by atoms with van der Waals surface area (Å²) in [5, 5.41) is 3.92. The van der Waals surface area contributed by atoms with Crippen LogP contribution in [0.3, 0.4) is 0 Å². The van der Waals surface area contributed by atoms with Gasteiger partial charge in [-0.25, -0.2) is 0 Å². The molecule has 0 saturated carbocycles. The van der Waals surface area contributed by atoms with E-state index in [0.717, 1.165) is 36.3 Å². The summed E-state index contributed by atoms with van der Waals surface area (Å²) in [7, 11) is 1.87. The highest BCUT2D eigenvalue weighted by molar-refractivity contribution is 7.80. The van der Waals surface area contributed by atoms with Crippen LogP contribution < -0.4 is 14.8 Å². The number of nitrogens with zero attached hydrogens (tertiary/aromatic N) is 1. The number of rotatable bonds is 10. The molecule has 32 heavy (non-hydrogen) atoms. The Morgan fingerprint density at radius 1 is 1.06 bits per heavy atom. The molecule has 0 amide bonds. The number of Topliss-reactive ketones (excluding diaryl/α,β-unsaturated/α-hetero) is 1. The maximum absolute atomic E-state index is 13.5. The summed E-state index contributed by atoms with van der Waals surface area (Å²) in [5.74, 6) is 1.38. The molecule has 1 unspecified atom stereocenters. The molecule has 0 spiro atoms. The molecule has 1 aliphatic heterocycles. The van der Waals surface area contributed by atoms with Crippen LogP contribution in [0.2, 0.25) is 0 Å². The molecule has 0 aromatic heterocycles. The average molecular weight is 453 g/mol. The van der Waals surface area contributed by atoms with Gasteiger partial charge < -0.3 is 19.7 Å². The van der Waals surface area contributed by atoms with Crippen LogP contribution >= 0.6 is 12.2 Å². The molecule has 0 radical (unpaired) electrons. The number of unbranched alkanes of at least 4 members (excludes halogenated alkanes) is 2. The van der Waals surface area contributed by atoms with E-state index in [1.807, 2.05) is 74.3 Å². The highest BCUT2D eigenvalue weighted by atomic mass is 32.1. The van der Waals surface area contributed by atoms with Crippen molar-refractivity contribution in [3.63, 3.8) is 0 Å². The number of ketones is 1. The lowest BCUT2D eigenvalue weighted by Crippen LogP contribution is -2.45. The fourth-order valence-electron chi connectivity index (χ4n) is 3.75. The Morgan fingerprint density at radius 2 is 1.81 bits per heavy atom. The van der Waals surface area contributed by atoms with E-state index in [1.165, 1.54) is 0 Å². The summed E-state index contributed by atoms with van der Waals surface area (Å²) < 4.78 is 11.9. The van der Waals surface area contributed by atoms with Gasteiger partial charge in [-0.05, 0) is 50.2 Å². The summed E-state index contributed by atoms with van der Waals surface area (Å²) in [6, 6.07) is 14.8. The van der Waals surface area contributed by atoms with Gasteiger partial charge in [0.15, 0.2) is 22.4 Å². The number of hydrogen-bond acceptors (Lipinski definition) is 4. The lowest BCUT2D eigenvalue weighted by Gasteiger charge is -2.36. The summed E-state index contributed by atoms with van der Waals surface area (Å²) in [6.45, 7) is 7.23. The lowest BCUT2D eigenvalue weighted by molar-refractivity contribution is 0.102. The van der Waals surface area contributed by atoms with E-state index in [4.69, 9.17) is 21.7 Å². The zero-order valence-electron chi connectivity index (χ0n) is 19.3. The van der Waals surface area contributed by atoms with Crippen LogP contribution in [0.5, 0.6) is 11.5 Å². The molecule has 0 fully saturated rings. The van der Waals surface area contributed by atoms with Crippen molar-refractivity contribution < 1.29 is 14.3 Å². The fourth-order valence-corrected chi connectivity index (χ4v) is 4.01. The molecular formula is C26H32N2O3S. The van der Waals surface area contributed by atoms with Crippen molar-refractivity contribution in [2.24, 2.45) is 0 Å². The van der Waals surface area contributed by atoms with Crippen LogP contribution in [0.4, 0.5) is 0 Å². The third-order valence-electron chi connectivity index (χ3n) is 5.64. The van der Waals surface area contributed by atoms with Crippen molar-refractivity contribution >= 4 is 23.1 Å². The zero-order valence-corrected chi connectivity index (χ0v) is 20.1. The number of nitrogens with one attached hydrogen (secondary N) is 1. The maximum atomic E-state index is 13.5. The van der Waals surface area contributed by atoms with Crippen molar-refractivity contribution in [1.82, 2.24) is 10.2 Å². The Labute approximate surface area is 196 Å². The minimum absolute atomic E-state index is 0.0206. The number of allylic oxidation sites excluding steroid dienone is 1. The summed E-state index contributed by atoms with van der Waals surface area (Å²) in [6.07, 6.45) is 3.28. The molecule has 0 bridgehead atoms. The molecule has 5 nitrogen and oxygen atoms in total. The van der Waals surface area contributed by atoms with Gasteiger partial charge in [-0.3, -0.25) is 4.79 Å². The third-order valence-corrected chi connectivity index (χ3v) is 6.03. The van der Waals surface area contributed by atoms with Crippen LogP contribution in [0.15, 0.2) is 59.8 Å². The van der Waals surface area contributed by atoms with E-state index in [2.05, 4.69) is 12.2 Å². The molecule has 2 aromatic carbocycles. The summed E-state index contributed by atoms with van der Waals surface area (Å²) in [4.78, 5) is 15.3. The Bertz CT molecular complexity index is 988. The van der Waals surface area contributed by atoms with E-state index in [-0.39, 0.29) is 11.8 Å². The Morgan fingerprint density at radius 3 is 2.50 bits per heavy atom. The SMILES string of the molecule is CCCCCOc1ccc(C2NC(=S)N(C)C(C)=C2C(=O)c2ccccc2)cc1OCC. The number of ether oxygens (including phenoxy) is 2. The second-order valence-corrected chi connectivity index (χ2v) is 8.22. The molecule has 1 aliphatic rings. The van der Waals surface area contributed by atoms with E-state index in [9.17, 15) is 4.79 Å². The summed E-state index contributed by atoms with van der Waals surface area (Å²) in [5.41, 5.74) is 3.07. The zero-order chi connectivity index (χ0) is 23.1. The van der Waals surface area contributed by atoms with Crippen LogP contribution in [0.25, 0.3) is 0 Å². The third kappa shape index (κ3) is 5.30. The second-order valence-electron chi connectivity index (χ2n) is 7.83. The van der Waals surface area contributed by atoms with E-state index in [0.29, 0.717) is 35.2 Å². The lowest BCUT2D eigenvalue weighted by atomic mass is 9.89. The first-order valence-electron chi connectivity index (χ1n) is 11.2. The van der Waals surface area contributed by atoms with E-state index < -0.39 is 0 Å². The number of carbonyl (C=O) groups is 1.